The van der Waals surface area contributed by atoms with Gasteiger partial charge in [0.2, 0.25) is 0 Å². The average Bonchev–Trinajstić information content (AvgIpc) is 2.67. The number of rotatable bonds is 7. The van der Waals surface area contributed by atoms with Crippen LogP contribution in [0.15, 0.2) is 41.5 Å². The number of nitrogens with one attached hydrogen (secondary N) is 1. The molecule has 2 rings (SSSR count). The number of hydrogen-bond donors (Lipinski definition) is 1. The van der Waals surface area contributed by atoms with Gasteiger partial charge in [-0.1, -0.05) is 0 Å². The van der Waals surface area contributed by atoms with E-state index in [9.17, 15) is 25.0 Å². The van der Waals surface area contributed by atoms with Crippen LogP contribution in [0.5, 0.6) is 11.5 Å². The van der Waals surface area contributed by atoms with Crippen molar-refractivity contribution in [2.75, 3.05) is 14.2 Å². The van der Waals surface area contributed by atoms with Crippen molar-refractivity contribution in [2.24, 2.45) is 5.10 Å². The van der Waals surface area contributed by atoms with Crippen molar-refractivity contribution in [1.82, 2.24) is 5.43 Å². The van der Waals surface area contributed by atoms with E-state index in [1.165, 1.54) is 50.6 Å². The Balaban J connectivity index is 2.20. The van der Waals surface area contributed by atoms with E-state index in [-0.39, 0.29) is 34.0 Å². The van der Waals surface area contributed by atoms with E-state index >= 15 is 0 Å². The molecular formula is C16H14N4O7. The Morgan fingerprint density at radius 2 is 1.63 bits per heavy atom. The maximum Gasteiger partial charge on any atom is 0.282 e. The molecular weight excluding hydrogens is 360 g/mol. The number of amides is 1. The molecule has 1 N–H and O–H groups in total. The van der Waals surface area contributed by atoms with Crippen LogP contribution in [-0.2, 0) is 0 Å². The second-order valence-electron chi connectivity index (χ2n) is 5.03. The molecule has 27 heavy (non-hydrogen) atoms. The number of carbonyl (C=O) groups is 1. The maximum atomic E-state index is 12.0. The Kier molecular flexibility index (Phi) is 5.99. The predicted octanol–water partition coefficient (Wildman–Crippen LogP) is 2.28. The molecule has 1 amide bonds. The van der Waals surface area contributed by atoms with E-state index in [2.05, 4.69) is 10.5 Å². The van der Waals surface area contributed by atoms with Gasteiger partial charge in [-0.05, 0) is 18.2 Å². The first-order valence-electron chi connectivity index (χ1n) is 7.35. The Morgan fingerprint density at radius 3 is 2.15 bits per heavy atom. The Labute approximate surface area is 152 Å². The zero-order valence-corrected chi connectivity index (χ0v) is 14.2. The summed E-state index contributed by atoms with van der Waals surface area (Å²) in [5.41, 5.74) is 1.97. The van der Waals surface area contributed by atoms with Crippen molar-refractivity contribution in [3.05, 3.63) is 67.8 Å². The molecule has 0 saturated carbocycles. The fourth-order valence-electron chi connectivity index (χ4n) is 2.11. The molecule has 2 aromatic rings. The highest BCUT2D eigenvalue weighted by Crippen LogP contribution is 2.33. The number of methoxy groups -OCH3 is 2. The summed E-state index contributed by atoms with van der Waals surface area (Å²) in [6.45, 7) is 0. The van der Waals surface area contributed by atoms with Crippen LogP contribution in [-0.4, -0.2) is 36.2 Å². The number of hydrogen-bond acceptors (Lipinski definition) is 8. The number of nitro benzene ring substituents is 2. The number of ether oxygens (including phenoxy) is 2. The number of nitrogens with zero attached hydrogens (tertiary/aromatic N) is 3. The molecule has 0 aliphatic heterocycles. The van der Waals surface area contributed by atoms with Crippen LogP contribution < -0.4 is 14.9 Å². The lowest BCUT2D eigenvalue weighted by Gasteiger charge is -2.08. The highest BCUT2D eigenvalue weighted by Gasteiger charge is 2.18. The number of hydrazone groups is 1. The molecule has 0 aliphatic rings. The van der Waals surface area contributed by atoms with Crippen LogP contribution in [0.25, 0.3) is 0 Å². The maximum absolute atomic E-state index is 12.0. The number of non-ortho nitro benzene ring substituents is 1. The molecule has 0 radical (unpaired) electrons. The minimum Gasteiger partial charge on any atom is -0.493 e. The minimum absolute atomic E-state index is 0.0849. The second kappa shape index (κ2) is 8.38. The first kappa shape index (κ1) is 19.3. The fraction of sp³-hybridized carbons (Fsp3) is 0.125. The van der Waals surface area contributed by atoms with Crippen molar-refractivity contribution < 1.29 is 24.1 Å². The molecule has 140 valence electrons. The van der Waals surface area contributed by atoms with Gasteiger partial charge in [-0.25, -0.2) is 5.43 Å². The standard InChI is InChI=1S/C16H14N4O7/c1-26-14-7-11(13(20(24)25)8-15(14)27-2)9-17-18-16(21)10-3-5-12(6-4-10)19(22)23/h3-9H,1-2H3,(H,18,21)/b17-9+. The summed E-state index contributed by atoms with van der Waals surface area (Å²) in [4.78, 5) is 32.6. The van der Waals surface area contributed by atoms with Gasteiger partial charge in [-0.15, -0.1) is 0 Å². The number of carbonyl (C=O) groups excluding carboxylic acids is 1. The van der Waals surface area contributed by atoms with Crippen molar-refractivity contribution in [2.45, 2.75) is 0 Å². The molecule has 0 aromatic heterocycles. The Hall–Kier alpha value is -4.02. The number of benzene rings is 2. The van der Waals surface area contributed by atoms with E-state index < -0.39 is 15.8 Å². The Bertz CT molecular complexity index is 910. The molecule has 0 saturated heterocycles. The van der Waals surface area contributed by atoms with E-state index in [0.29, 0.717) is 0 Å². The van der Waals surface area contributed by atoms with Crippen molar-refractivity contribution in [3.8, 4) is 11.5 Å². The van der Waals surface area contributed by atoms with Gasteiger partial charge in [0.15, 0.2) is 11.5 Å². The highest BCUT2D eigenvalue weighted by atomic mass is 16.6. The van der Waals surface area contributed by atoms with Gasteiger partial charge in [0.05, 0.1) is 41.9 Å². The third kappa shape index (κ3) is 4.54. The third-order valence-corrected chi connectivity index (χ3v) is 3.44. The lowest BCUT2D eigenvalue weighted by Crippen LogP contribution is -2.17. The van der Waals surface area contributed by atoms with Crippen LogP contribution >= 0.6 is 0 Å². The summed E-state index contributed by atoms with van der Waals surface area (Å²) in [6.07, 6.45) is 1.09. The van der Waals surface area contributed by atoms with Gasteiger partial charge in [-0.3, -0.25) is 25.0 Å². The zero-order chi connectivity index (χ0) is 20.0. The zero-order valence-electron chi connectivity index (χ0n) is 14.2. The Morgan fingerprint density at radius 1 is 1.04 bits per heavy atom. The summed E-state index contributed by atoms with van der Waals surface area (Å²) >= 11 is 0. The first-order valence-corrected chi connectivity index (χ1v) is 7.35. The molecule has 0 heterocycles. The molecule has 0 aliphatic carbocycles. The largest absolute Gasteiger partial charge is 0.493 e. The predicted molar refractivity (Wildman–Crippen MR) is 94.4 cm³/mol. The van der Waals surface area contributed by atoms with Crippen LogP contribution in [0, 0.1) is 20.2 Å². The molecule has 0 atom stereocenters. The van der Waals surface area contributed by atoms with Gasteiger partial charge in [0.1, 0.15) is 0 Å². The fourth-order valence-corrected chi connectivity index (χ4v) is 2.11. The highest BCUT2D eigenvalue weighted by molar-refractivity contribution is 5.95. The molecule has 11 heteroatoms. The summed E-state index contributed by atoms with van der Waals surface area (Å²) < 4.78 is 10.1. The van der Waals surface area contributed by atoms with Gasteiger partial charge < -0.3 is 9.47 Å². The molecule has 0 bridgehead atoms. The quantitative estimate of drug-likeness (QED) is 0.444. The molecule has 2 aromatic carbocycles. The normalized spacial score (nSPS) is 10.4. The average molecular weight is 374 g/mol. The van der Waals surface area contributed by atoms with Crippen molar-refractivity contribution >= 4 is 23.5 Å². The van der Waals surface area contributed by atoms with Crippen molar-refractivity contribution in [1.29, 1.82) is 0 Å². The van der Waals surface area contributed by atoms with E-state index in [1.807, 2.05) is 0 Å². The van der Waals surface area contributed by atoms with Crippen LogP contribution in [0.3, 0.4) is 0 Å². The smallest absolute Gasteiger partial charge is 0.282 e. The van der Waals surface area contributed by atoms with E-state index in [1.54, 1.807) is 0 Å². The van der Waals surface area contributed by atoms with Crippen LogP contribution in [0.4, 0.5) is 11.4 Å². The third-order valence-electron chi connectivity index (χ3n) is 3.44. The molecule has 11 nitrogen and oxygen atoms in total. The number of nitro groups is 2. The lowest BCUT2D eigenvalue weighted by molar-refractivity contribution is -0.385. The topological polar surface area (TPSA) is 146 Å². The second-order valence-corrected chi connectivity index (χ2v) is 5.03. The summed E-state index contributed by atoms with van der Waals surface area (Å²) in [6, 6.07) is 7.41. The van der Waals surface area contributed by atoms with Gasteiger partial charge >= 0.3 is 0 Å². The molecule has 0 fully saturated rings. The van der Waals surface area contributed by atoms with Crippen LogP contribution in [0.2, 0.25) is 0 Å². The van der Waals surface area contributed by atoms with Gasteiger partial charge in [0.25, 0.3) is 17.3 Å². The summed E-state index contributed by atoms with van der Waals surface area (Å²) in [5, 5.41) is 25.5. The van der Waals surface area contributed by atoms with E-state index in [4.69, 9.17) is 9.47 Å². The van der Waals surface area contributed by atoms with Crippen molar-refractivity contribution in [3.63, 3.8) is 0 Å². The van der Waals surface area contributed by atoms with Crippen LogP contribution in [0.1, 0.15) is 15.9 Å². The lowest BCUT2D eigenvalue weighted by atomic mass is 10.1. The SMILES string of the molecule is COc1cc(/C=N/NC(=O)c2ccc([N+](=O)[O-])cc2)c([N+](=O)[O-])cc1OC. The molecule has 0 unspecified atom stereocenters. The van der Waals surface area contributed by atoms with E-state index in [0.717, 1.165) is 6.21 Å². The first-order chi connectivity index (χ1) is 12.9. The minimum atomic E-state index is -0.635. The summed E-state index contributed by atoms with van der Waals surface area (Å²) in [7, 11) is 2.72. The van der Waals surface area contributed by atoms with Gasteiger partial charge in [-0.2, -0.15) is 5.10 Å². The monoisotopic (exact) mass is 374 g/mol. The molecule has 0 spiro atoms. The van der Waals surface area contributed by atoms with Gasteiger partial charge in [0, 0.05) is 17.7 Å². The summed E-state index contributed by atoms with van der Waals surface area (Å²) in [5.74, 6) is -0.202.